The Morgan fingerprint density at radius 3 is 1.75 bits per heavy atom. The highest BCUT2D eigenvalue weighted by molar-refractivity contribution is 6.74. The number of hydrogen-bond donors (Lipinski definition) is 1. The second kappa shape index (κ2) is 17.2. The van der Waals surface area contributed by atoms with Gasteiger partial charge in [0.25, 0.3) is 0 Å². The van der Waals surface area contributed by atoms with Crippen LogP contribution in [0.25, 0.3) is 0 Å². The van der Waals surface area contributed by atoms with E-state index >= 15 is 0 Å². The molecule has 0 amide bonds. The van der Waals surface area contributed by atoms with Crippen LogP contribution in [0, 0.1) is 0 Å². The number of aliphatic hydroxyl groups is 1. The van der Waals surface area contributed by atoms with Crippen LogP contribution in [0.1, 0.15) is 43.0 Å². The van der Waals surface area contributed by atoms with E-state index in [0.29, 0.717) is 6.61 Å². The third-order valence-corrected chi connectivity index (χ3v) is 10.6. The summed E-state index contributed by atoms with van der Waals surface area (Å²) in [5.41, 5.74) is 4.31. The quantitative estimate of drug-likeness (QED) is 0.267. The number of methoxy groups -OCH3 is 2. The van der Waals surface area contributed by atoms with E-state index in [9.17, 15) is 4.32 Å². The van der Waals surface area contributed by atoms with Crippen molar-refractivity contribution in [3.8, 4) is 11.5 Å². The van der Waals surface area contributed by atoms with E-state index in [2.05, 4.69) is 53.1 Å². The van der Waals surface area contributed by atoms with Crippen molar-refractivity contribution in [1.82, 2.24) is 0 Å². The molecule has 0 atom stereocenters. The molecule has 2 aromatic carbocycles. The summed E-state index contributed by atoms with van der Waals surface area (Å²) < 4.78 is 33.5. The Labute approximate surface area is 222 Å². The third-order valence-electron chi connectivity index (χ3n) is 6.16. The molecular weight excluding hydrogens is 470 g/mol. The average molecular weight is 519 g/mol. The first-order valence-corrected chi connectivity index (χ1v) is 15.0. The van der Waals surface area contributed by atoms with Gasteiger partial charge in [0.1, 0.15) is 11.5 Å². The number of ether oxygens (including phenoxy) is 2. The Morgan fingerprint density at radius 1 is 0.972 bits per heavy atom. The second-order valence-corrected chi connectivity index (χ2v) is 14.4. The smallest absolute Gasteiger partial charge is 0.328 e. The van der Waals surface area contributed by atoms with Gasteiger partial charge in [-0.3, -0.25) is 0 Å². The number of benzene rings is 2. The molecule has 1 N–H and O–H groups in total. The van der Waals surface area contributed by atoms with E-state index in [1.54, 1.807) is 20.3 Å². The van der Waals surface area contributed by atoms with Gasteiger partial charge in [0, 0.05) is 12.5 Å². The number of rotatable bonds is 10. The SMILES string of the molecule is C=CCc1c(CO)cccc1OC.C=CCc1c(CO[Si](C)(C)C(C)(C)C)cccc1OC.[3H]B(C)F. The maximum absolute atomic E-state index is 10.7. The highest BCUT2D eigenvalue weighted by Crippen LogP contribution is 2.37. The fourth-order valence-electron chi connectivity index (χ4n) is 3.11. The fraction of sp³-hybridized carbons (Fsp3) is 0.448. The van der Waals surface area contributed by atoms with Gasteiger partial charge in [0.2, 0.25) is 0 Å². The normalized spacial score (nSPS) is 11.1. The van der Waals surface area contributed by atoms with Gasteiger partial charge < -0.3 is 23.3 Å². The van der Waals surface area contributed by atoms with Crippen LogP contribution in [0.2, 0.25) is 25.0 Å². The minimum atomic E-state index is -1.73. The Balaban J connectivity index is 0.000000651. The van der Waals surface area contributed by atoms with Gasteiger partial charge >= 0.3 is 7.52 Å². The minimum Gasteiger partial charge on any atom is -0.496 e. The summed E-state index contributed by atoms with van der Waals surface area (Å²) in [5.74, 6) is 1.73. The first-order chi connectivity index (χ1) is 17.3. The monoisotopic (exact) mass is 518 g/mol. The van der Waals surface area contributed by atoms with E-state index in [1.165, 1.54) is 17.9 Å². The van der Waals surface area contributed by atoms with Crippen molar-refractivity contribution in [3.05, 3.63) is 84.0 Å². The van der Waals surface area contributed by atoms with Crippen LogP contribution in [0.4, 0.5) is 4.32 Å². The molecule has 0 unspecified atom stereocenters. The molecule has 36 heavy (non-hydrogen) atoms. The highest BCUT2D eigenvalue weighted by atomic mass is 28.4. The lowest BCUT2D eigenvalue weighted by Crippen LogP contribution is -2.40. The summed E-state index contributed by atoms with van der Waals surface area (Å²) in [6.07, 6.45) is 5.24. The molecule has 0 spiro atoms. The molecule has 0 aliphatic carbocycles. The number of hydrogen-bond acceptors (Lipinski definition) is 4. The van der Waals surface area contributed by atoms with Gasteiger partial charge in [-0.05, 0) is 54.2 Å². The van der Waals surface area contributed by atoms with E-state index < -0.39 is 15.8 Å². The lowest BCUT2D eigenvalue weighted by atomic mass is 10.0. The first-order valence-electron chi connectivity index (χ1n) is 12.7. The van der Waals surface area contributed by atoms with Crippen LogP contribution >= 0.6 is 0 Å². The van der Waals surface area contributed by atoms with Crippen molar-refractivity contribution < 1.29 is 23.3 Å². The Bertz CT molecular complexity index is 936. The van der Waals surface area contributed by atoms with E-state index in [-0.39, 0.29) is 11.6 Å². The zero-order chi connectivity index (χ0) is 28.6. The number of allylic oxidation sites excluding steroid dienone is 2. The minimum absolute atomic E-state index is 0.0420. The summed E-state index contributed by atoms with van der Waals surface area (Å²) in [4.78, 5) is 0. The van der Waals surface area contributed by atoms with Crippen LogP contribution < -0.4 is 9.47 Å². The van der Waals surface area contributed by atoms with Crippen molar-refractivity contribution >= 4 is 15.8 Å². The third kappa shape index (κ3) is 10.7. The van der Waals surface area contributed by atoms with Crippen LogP contribution in [0.5, 0.6) is 11.5 Å². The van der Waals surface area contributed by atoms with Crippen LogP contribution in [-0.2, 0) is 30.5 Å². The average Bonchev–Trinajstić information content (AvgIpc) is 2.83. The largest absolute Gasteiger partial charge is 0.496 e. The van der Waals surface area contributed by atoms with Gasteiger partial charge in [0.15, 0.2) is 8.32 Å². The molecule has 2 aromatic rings. The van der Waals surface area contributed by atoms with Crippen LogP contribution in [0.3, 0.4) is 0 Å². The molecular formula is C29H46BFO4Si. The van der Waals surface area contributed by atoms with Gasteiger partial charge in [-0.2, -0.15) is 0 Å². The molecule has 2 rings (SSSR count). The Morgan fingerprint density at radius 2 is 1.39 bits per heavy atom. The topological polar surface area (TPSA) is 47.9 Å². The molecule has 0 heterocycles. The van der Waals surface area contributed by atoms with Crippen molar-refractivity contribution in [2.45, 2.75) is 71.8 Å². The molecule has 200 valence electrons. The zero-order valence-electron chi connectivity index (χ0n) is 24.5. The van der Waals surface area contributed by atoms with Crippen LogP contribution in [-0.4, -0.2) is 36.5 Å². The highest BCUT2D eigenvalue weighted by Gasteiger charge is 2.37. The maximum atomic E-state index is 10.7. The van der Waals surface area contributed by atoms with Gasteiger partial charge in [-0.25, -0.2) is 0 Å². The summed E-state index contributed by atoms with van der Waals surface area (Å²) in [6.45, 7) is 20.7. The molecule has 0 fully saturated rings. The van der Waals surface area contributed by atoms with Crippen molar-refractivity contribution in [2.75, 3.05) is 14.2 Å². The number of halogens is 1. The molecule has 0 saturated carbocycles. The lowest BCUT2D eigenvalue weighted by Gasteiger charge is -2.36. The first kappa shape index (κ1) is 31.7. The van der Waals surface area contributed by atoms with Gasteiger partial charge in [0.05, 0.1) is 27.4 Å². The van der Waals surface area contributed by atoms with Gasteiger partial charge in [-0.1, -0.05) is 64.0 Å². The Kier molecular flexibility index (Phi) is 15.1. The lowest BCUT2D eigenvalue weighted by molar-refractivity contribution is 0.274. The summed E-state index contributed by atoms with van der Waals surface area (Å²) in [7, 11) is 0.192. The van der Waals surface area contributed by atoms with Crippen molar-refractivity contribution in [2.24, 2.45) is 0 Å². The van der Waals surface area contributed by atoms with E-state index in [1.807, 2.05) is 36.4 Å². The number of aliphatic hydroxyl groups excluding tert-OH is 1. The summed E-state index contributed by atoms with van der Waals surface area (Å²) in [6, 6.07) is 11.8. The molecule has 0 aliphatic heterocycles. The molecule has 0 aliphatic rings. The summed E-state index contributed by atoms with van der Waals surface area (Å²) in [5, 5.41) is 9.30. The van der Waals surface area contributed by atoms with Gasteiger partial charge in [-0.15, -0.1) is 13.2 Å². The van der Waals surface area contributed by atoms with Crippen molar-refractivity contribution in [3.63, 3.8) is 0 Å². The molecule has 0 bridgehead atoms. The maximum Gasteiger partial charge on any atom is 0.328 e. The molecule has 0 radical (unpaired) electrons. The zero-order valence-corrected chi connectivity index (χ0v) is 24.5. The second-order valence-electron chi connectivity index (χ2n) is 9.61. The predicted octanol–water partition coefficient (Wildman–Crippen LogP) is 7.22. The molecule has 7 heteroatoms. The van der Waals surface area contributed by atoms with E-state index in [0.717, 1.165) is 35.5 Å². The van der Waals surface area contributed by atoms with E-state index in [4.69, 9.17) is 20.3 Å². The fourth-order valence-corrected chi connectivity index (χ4v) is 4.06. The molecule has 0 saturated heterocycles. The molecule has 4 nitrogen and oxygen atoms in total. The van der Waals surface area contributed by atoms with Crippen LogP contribution in [0.15, 0.2) is 61.7 Å². The van der Waals surface area contributed by atoms with Crippen molar-refractivity contribution in [1.29, 1.82) is 1.34 Å². The standard InChI is InChI=1S/C17H28O2Si.C11H14O2.CH4BF/c1-8-10-15-14(11-9-12-16(15)18-5)13-19-20(6,7)17(2,3)4;1-3-5-10-9(8-12)6-4-7-11(10)13-2;1-2-3/h8-9,11-12H,1,10,13H2,2-7H3;3-4,6-7,12H,1,5,8H2,2H3;2H,1H3/i;;2T. The summed E-state index contributed by atoms with van der Waals surface area (Å²) >= 11 is 0. The molecule has 0 aromatic heterocycles. The predicted molar refractivity (Wildman–Crippen MR) is 156 cm³/mol. The Hall–Kier alpha value is -2.35.